The smallest absolute Gasteiger partial charge is 0.255 e. The Kier molecular flexibility index (Phi) is 4.07. The molecule has 1 aromatic carbocycles. The molecule has 0 aliphatic heterocycles. The van der Waals surface area contributed by atoms with Crippen molar-refractivity contribution in [1.82, 2.24) is 4.98 Å². The number of nitrogens with one attached hydrogen (secondary N) is 1. The zero-order valence-corrected chi connectivity index (χ0v) is 12.3. The van der Waals surface area contributed by atoms with Crippen LogP contribution in [0.15, 0.2) is 34.9 Å². The number of benzene rings is 1. The number of phenols is 1. The van der Waals surface area contributed by atoms with Crippen LogP contribution in [0.5, 0.6) is 5.75 Å². The maximum absolute atomic E-state index is 12.1. The van der Waals surface area contributed by atoms with E-state index in [1.807, 2.05) is 0 Å². The molecule has 0 radical (unpaired) electrons. The van der Waals surface area contributed by atoms with Crippen molar-refractivity contribution in [3.05, 3.63) is 51.2 Å². The molecule has 2 rings (SSSR count). The zero-order chi connectivity index (χ0) is 14.0. The van der Waals surface area contributed by atoms with Crippen molar-refractivity contribution in [3.8, 4) is 5.75 Å². The van der Waals surface area contributed by atoms with Gasteiger partial charge in [-0.3, -0.25) is 4.79 Å². The van der Waals surface area contributed by atoms with Crippen LogP contribution in [0.25, 0.3) is 0 Å². The van der Waals surface area contributed by atoms with Crippen LogP contribution in [0.4, 0.5) is 5.69 Å². The molecule has 4 nitrogen and oxygen atoms in total. The highest BCUT2D eigenvalue weighted by molar-refractivity contribution is 9.10. The summed E-state index contributed by atoms with van der Waals surface area (Å²) < 4.78 is 0.606. The molecule has 0 spiro atoms. The van der Waals surface area contributed by atoms with E-state index in [0.29, 0.717) is 26.4 Å². The van der Waals surface area contributed by atoms with E-state index in [2.05, 4.69) is 26.2 Å². The van der Waals surface area contributed by atoms with Crippen LogP contribution in [0, 0.1) is 6.92 Å². The quantitative estimate of drug-likeness (QED) is 0.818. The lowest BCUT2D eigenvalue weighted by atomic mass is 10.1. The van der Waals surface area contributed by atoms with E-state index in [-0.39, 0.29) is 11.7 Å². The largest absolute Gasteiger partial charge is 0.508 e. The van der Waals surface area contributed by atoms with Crippen molar-refractivity contribution in [3.63, 3.8) is 0 Å². The minimum Gasteiger partial charge on any atom is -0.508 e. The molecular weight excluding hydrogens is 332 g/mol. The number of aromatic hydroxyl groups is 1. The first-order valence-electron chi connectivity index (χ1n) is 5.39. The first-order chi connectivity index (χ1) is 8.97. The fourth-order valence-electron chi connectivity index (χ4n) is 1.59. The van der Waals surface area contributed by atoms with E-state index < -0.39 is 0 Å². The standard InChI is InChI=1S/C13H10BrClN2O2/c1-7-4-9(18)2-3-10(7)13(19)17-8-5-11(14)12(15)16-6-8/h2-6,18H,1H3,(H,17,19). The molecule has 1 heterocycles. The fraction of sp³-hybridized carbons (Fsp3) is 0.0769. The molecule has 98 valence electrons. The Morgan fingerprint density at radius 1 is 1.42 bits per heavy atom. The number of anilines is 1. The number of nitrogens with zero attached hydrogens (tertiary/aromatic N) is 1. The number of halogens is 2. The SMILES string of the molecule is Cc1cc(O)ccc1C(=O)Nc1cnc(Cl)c(Br)c1. The summed E-state index contributed by atoms with van der Waals surface area (Å²) in [5.74, 6) is -0.140. The highest BCUT2D eigenvalue weighted by atomic mass is 79.9. The van der Waals surface area contributed by atoms with Crippen LogP contribution < -0.4 is 5.32 Å². The molecule has 0 unspecified atom stereocenters. The van der Waals surface area contributed by atoms with Gasteiger partial charge in [0.1, 0.15) is 10.9 Å². The van der Waals surface area contributed by atoms with Gasteiger partial charge in [-0.05, 0) is 52.7 Å². The minimum atomic E-state index is -0.270. The number of hydrogen-bond donors (Lipinski definition) is 2. The molecule has 2 N–H and O–H groups in total. The number of hydrogen-bond acceptors (Lipinski definition) is 3. The van der Waals surface area contributed by atoms with E-state index >= 15 is 0 Å². The second-order valence-electron chi connectivity index (χ2n) is 3.95. The second-order valence-corrected chi connectivity index (χ2v) is 5.16. The Bertz CT molecular complexity index is 647. The van der Waals surface area contributed by atoms with Crippen molar-refractivity contribution in [1.29, 1.82) is 0 Å². The predicted molar refractivity (Wildman–Crippen MR) is 77.7 cm³/mol. The first-order valence-corrected chi connectivity index (χ1v) is 6.56. The van der Waals surface area contributed by atoms with Crippen LogP contribution in [0.1, 0.15) is 15.9 Å². The van der Waals surface area contributed by atoms with Gasteiger partial charge in [-0.15, -0.1) is 0 Å². The summed E-state index contributed by atoms with van der Waals surface area (Å²) >= 11 is 9.02. The number of pyridine rings is 1. The number of phenolic OH excluding ortho intramolecular Hbond substituents is 1. The van der Waals surface area contributed by atoms with E-state index in [1.165, 1.54) is 18.3 Å². The molecule has 0 aliphatic rings. The molecule has 0 atom stereocenters. The van der Waals surface area contributed by atoms with Gasteiger partial charge in [-0.2, -0.15) is 0 Å². The Labute approximate surface area is 123 Å². The highest BCUT2D eigenvalue weighted by Crippen LogP contribution is 2.23. The lowest BCUT2D eigenvalue weighted by Crippen LogP contribution is -2.13. The molecular formula is C13H10BrClN2O2. The summed E-state index contributed by atoms with van der Waals surface area (Å²) in [5, 5.41) is 12.4. The third-order valence-electron chi connectivity index (χ3n) is 2.51. The summed E-state index contributed by atoms with van der Waals surface area (Å²) in [6.45, 7) is 1.75. The number of carbonyl (C=O) groups excluding carboxylic acids is 1. The van der Waals surface area contributed by atoms with Gasteiger partial charge in [-0.1, -0.05) is 11.6 Å². The summed E-state index contributed by atoms with van der Waals surface area (Å²) in [6, 6.07) is 6.24. The van der Waals surface area contributed by atoms with E-state index in [0.717, 1.165) is 0 Å². The van der Waals surface area contributed by atoms with Crippen molar-refractivity contribution >= 4 is 39.1 Å². The number of amides is 1. The lowest BCUT2D eigenvalue weighted by Gasteiger charge is -2.08. The average Bonchev–Trinajstić information content (AvgIpc) is 2.33. The maximum atomic E-state index is 12.1. The van der Waals surface area contributed by atoms with Crippen LogP contribution in [0.2, 0.25) is 5.15 Å². The van der Waals surface area contributed by atoms with Gasteiger partial charge in [0, 0.05) is 5.56 Å². The van der Waals surface area contributed by atoms with Gasteiger partial charge in [0.05, 0.1) is 16.4 Å². The normalized spacial score (nSPS) is 10.3. The second kappa shape index (κ2) is 5.59. The molecule has 2 aromatic rings. The van der Waals surface area contributed by atoms with E-state index in [9.17, 15) is 9.90 Å². The van der Waals surface area contributed by atoms with Crippen molar-refractivity contribution < 1.29 is 9.90 Å². The molecule has 1 amide bonds. The molecule has 19 heavy (non-hydrogen) atoms. The number of carbonyl (C=O) groups is 1. The molecule has 1 aromatic heterocycles. The Hall–Kier alpha value is -1.59. The number of aromatic nitrogens is 1. The highest BCUT2D eigenvalue weighted by Gasteiger charge is 2.10. The number of rotatable bonds is 2. The fourth-order valence-corrected chi connectivity index (χ4v) is 2.04. The van der Waals surface area contributed by atoms with Crippen molar-refractivity contribution in [2.45, 2.75) is 6.92 Å². The maximum Gasteiger partial charge on any atom is 0.255 e. The van der Waals surface area contributed by atoms with Crippen LogP contribution in [-0.4, -0.2) is 16.0 Å². The lowest BCUT2D eigenvalue weighted by molar-refractivity contribution is 0.102. The topological polar surface area (TPSA) is 62.2 Å². The molecule has 0 saturated heterocycles. The minimum absolute atomic E-state index is 0.130. The summed E-state index contributed by atoms with van der Waals surface area (Å²) in [6.07, 6.45) is 1.47. The number of aryl methyl sites for hydroxylation is 1. The zero-order valence-electron chi connectivity index (χ0n) is 9.95. The molecule has 0 saturated carbocycles. The monoisotopic (exact) mass is 340 g/mol. The molecule has 0 aliphatic carbocycles. The van der Waals surface area contributed by atoms with Crippen LogP contribution >= 0.6 is 27.5 Å². The Morgan fingerprint density at radius 2 is 2.16 bits per heavy atom. The van der Waals surface area contributed by atoms with Gasteiger partial charge >= 0.3 is 0 Å². The average molecular weight is 342 g/mol. The van der Waals surface area contributed by atoms with Crippen LogP contribution in [0.3, 0.4) is 0 Å². The van der Waals surface area contributed by atoms with Gasteiger partial charge in [0.25, 0.3) is 5.91 Å². The van der Waals surface area contributed by atoms with Gasteiger partial charge < -0.3 is 10.4 Å². The predicted octanol–water partition coefficient (Wildman–Crippen LogP) is 3.76. The Balaban J connectivity index is 2.23. The molecule has 0 fully saturated rings. The van der Waals surface area contributed by atoms with Gasteiger partial charge in [0.2, 0.25) is 0 Å². The van der Waals surface area contributed by atoms with Gasteiger partial charge in [0.15, 0.2) is 0 Å². The first kappa shape index (κ1) is 13.8. The third-order valence-corrected chi connectivity index (χ3v) is 3.64. The van der Waals surface area contributed by atoms with Crippen molar-refractivity contribution in [2.24, 2.45) is 0 Å². The summed E-state index contributed by atoms with van der Waals surface area (Å²) in [5.41, 5.74) is 1.72. The van der Waals surface area contributed by atoms with Crippen LogP contribution in [-0.2, 0) is 0 Å². The Morgan fingerprint density at radius 3 is 2.79 bits per heavy atom. The van der Waals surface area contributed by atoms with E-state index in [1.54, 1.807) is 19.1 Å². The molecule has 0 bridgehead atoms. The summed E-state index contributed by atoms with van der Waals surface area (Å²) in [7, 11) is 0. The third kappa shape index (κ3) is 3.24. The van der Waals surface area contributed by atoms with Gasteiger partial charge in [-0.25, -0.2) is 4.98 Å². The van der Waals surface area contributed by atoms with Crippen molar-refractivity contribution in [2.75, 3.05) is 5.32 Å². The summed E-state index contributed by atoms with van der Waals surface area (Å²) in [4.78, 5) is 16.0. The van der Waals surface area contributed by atoms with E-state index in [4.69, 9.17) is 11.6 Å². The molecule has 6 heteroatoms.